The number of aromatic nitrogens is 2. The lowest BCUT2D eigenvalue weighted by molar-refractivity contribution is -0.385. The molecule has 1 heterocycles. The number of rotatable bonds is 4. The van der Waals surface area contributed by atoms with E-state index in [0.717, 1.165) is 0 Å². The number of nitro benzene ring substituents is 1. The largest absolute Gasteiger partial charge is 0.496 e. The maximum Gasteiger partial charge on any atom is 0.273 e. The molecular formula is C12H9ClIN3O4. The van der Waals surface area contributed by atoms with Crippen molar-refractivity contribution in [1.82, 2.24) is 9.55 Å². The van der Waals surface area contributed by atoms with Gasteiger partial charge in [-0.3, -0.25) is 19.5 Å². The van der Waals surface area contributed by atoms with Gasteiger partial charge in [-0.25, -0.2) is 4.98 Å². The van der Waals surface area contributed by atoms with Gasteiger partial charge in [0.15, 0.2) is 0 Å². The summed E-state index contributed by atoms with van der Waals surface area (Å²) in [4.78, 5) is 26.3. The van der Waals surface area contributed by atoms with Crippen LogP contribution in [-0.4, -0.2) is 21.6 Å². The van der Waals surface area contributed by atoms with Gasteiger partial charge in [-0.05, 0) is 34.2 Å². The highest BCUT2D eigenvalue weighted by Gasteiger charge is 2.12. The molecule has 0 fully saturated rings. The number of hydrogen-bond acceptors (Lipinski definition) is 5. The van der Waals surface area contributed by atoms with Gasteiger partial charge >= 0.3 is 0 Å². The Labute approximate surface area is 137 Å². The van der Waals surface area contributed by atoms with Crippen molar-refractivity contribution < 1.29 is 9.66 Å². The number of halogens is 2. The molecule has 0 aliphatic heterocycles. The molecule has 0 aliphatic rings. The Bertz CT molecular complexity index is 763. The summed E-state index contributed by atoms with van der Waals surface area (Å²) in [5.74, 6) is 0.351. The zero-order valence-corrected chi connectivity index (χ0v) is 13.7. The molecule has 0 bridgehead atoms. The third kappa shape index (κ3) is 3.50. The van der Waals surface area contributed by atoms with Crippen LogP contribution in [0, 0.1) is 13.7 Å². The maximum absolute atomic E-state index is 12.0. The Morgan fingerprint density at radius 1 is 1.48 bits per heavy atom. The number of ether oxygens (including phenoxy) is 1. The van der Waals surface area contributed by atoms with Gasteiger partial charge in [-0.15, -0.1) is 0 Å². The van der Waals surface area contributed by atoms with Crippen molar-refractivity contribution in [2.24, 2.45) is 0 Å². The second-order valence-electron chi connectivity index (χ2n) is 4.08. The van der Waals surface area contributed by atoms with Crippen molar-refractivity contribution in [2.45, 2.75) is 6.54 Å². The Morgan fingerprint density at radius 3 is 2.81 bits per heavy atom. The molecule has 0 saturated heterocycles. The maximum atomic E-state index is 12.0. The predicted octanol–water partition coefficient (Wildman–Crippen LogP) is 2.47. The normalized spacial score (nSPS) is 10.4. The molecule has 0 saturated carbocycles. The molecule has 2 aromatic rings. The highest BCUT2D eigenvalue weighted by molar-refractivity contribution is 14.1. The van der Waals surface area contributed by atoms with Crippen LogP contribution in [0.3, 0.4) is 0 Å². The topological polar surface area (TPSA) is 87.3 Å². The first kappa shape index (κ1) is 15.7. The molecule has 0 spiro atoms. The summed E-state index contributed by atoms with van der Waals surface area (Å²) >= 11 is 7.57. The fourth-order valence-electron chi connectivity index (χ4n) is 1.71. The summed E-state index contributed by atoms with van der Waals surface area (Å²) in [5, 5.41) is 11.0. The average molecular weight is 422 g/mol. The molecule has 0 aliphatic carbocycles. The third-order valence-electron chi connectivity index (χ3n) is 2.69. The van der Waals surface area contributed by atoms with E-state index in [9.17, 15) is 14.9 Å². The zero-order chi connectivity index (χ0) is 15.6. The Balaban J connectivity index is 2.44. The van der Waals surface area contributed by atoms with Gasteiger partial charge < -0.3 is 4.74 Å². The first-order valence-corrected chi connectivity index (χ1v) is 7.11. The summed E-state index contributed by atoms with van der Waals surface area (Å²) in [6.07, 6.45) is 1.30. The van der Waals surface area contributed by atoms with Gasteiger partial charge in [-0.2, -0.15) is 0 Å². The molecular weight excluding hydrogens is 413 g/mol. The molecule has 2 rings (SSSR count). The highest BCUT2D eigenvalue weighted by Crippen LogP contribution is 2.23. The van der Waals surface area contributed by atoms with Gasteiger partial charge in [0.05, 0.1) is 31.0 Å². The Morgan fingerprint density at radius 2 is 2.19 bits per heavy atom. The third-order valence-corrected chi connectivity index (χ3v) is 4.27. The molecule has 1 aromatic carbocycles. The van der Waals surface area contributed by atoms with E-state index in [1.807, 2.05) is 22.6 Å². The van der Waals surface area contributed by atoms with E-state index in [0.29, 0.717) is 14.9 Å². The molecule has 1 aromatic heterocycles. The first-order chi connectivity index (χ1) is 9.92. The number of nitrogens with zero attached hydrogens (tertiary/aromatic N) is 3. The molecule has 9 heteroatoms. The quantitative estimate of drug-likeness (QED) is 0.328. The lowest BCUT2D eigenvalue weighted by Gasteiger charge is -2.08. The second kappa shape index (κ2) is 6.39. The molecule has 0 unspecified atom stereocenters. The number of nitro groups is 1. The minimum atomic E-state index is -0.515. The molecule has 21 heavy (non-hydrogen) atoms. The highest BCUT2D eigenvalue weighted by atomic mass is 127. The van der Waals surface area contributed by atoms with Crippen LogP contribution in [0.15, 0.2) is 29.3 Å². The molecule has 0 atom stereocenters. The fourth-order valence-corrected chi connectivity index (χ4v) is 2.28. The summed E-state index contributed by atoms with van der Waals surface area (Å²) in [5.41, 5.74) is 0.151. The van der Waals surface area contributed by atoms with E-state index in [1.54, 1.807) is 6.07 Å². The Kier molecular flexibility index (Phi) is 4.78. The van der Waals surface area contributed by atoms with Gasteiger partial charge in [0, 0.05) is 6.07 Å². The number of benzene rings is 1. The van der Waals surface area contributed by atoms with Crippen LogP contribution in [0.25, 0.3) is 0 Å². The molecule has 0 radical (unpaired) electrons. The zero-order valence-electron chi connectivity index (χ0n) is 10.7. The molecule has 0 N–H and O–H groups in total. The molecule has 0 amide bonds. The van der Waals surface area contributed by atoms with Gasteiger partial charge in [0.2, 0.25) is 0 Å². The summed E-state index contributed by atoms with van der Waals surface area (Å²) in [6, 6.07) is 4.33. The van der Waals surface area contributed by atoms with E-state index in [-0.39, 0.29) is 22.9 Å². The van der Waals surface area contributed by atoms with Crippen molar-refractivity contribution in [1.29, 1.82) is 0 Å². The smallest absolute Gasteiger partial charge is 0.273 e. The van der Waals surface area contributed by atoms with E-state index >= 15 is 0 Å². The van der Waals surface area contributed by atoms with Crippen LogP contribution in [0.1, 0.15) is 5.56 Å². The van der Waals surface area contributed by atoms with E-state index < -0.39 is 4.92 Å². The number of non-ortho nitro benzene ring substituents is 1. The van der Waals surface area contributed by atoms with Crippen LogP contribution in [-0.2, 0) is 6.54 Å². The minimum Gasteiger partial charge on any atom is -0.496 e. The van der Waals surface area contributed by atoms with Crippen LogP contribution in [0.5, 0.6) is 5.75 Å². The van der Waals surface area contributed by atoms with E-state index in [4.69, 9.17) is 16.3 Å². The van der Waals surface area contributed by atoms with E-state index in [2.05, 4.69) is 4.98 Å². The van der Waals surface area contributed by atoms with Gasteiger partial charge in [-0.1, -0.05) is 11.6 Å². The van der Waals surface area contributed by atoms with Crippen molar-refractivity contribution in [2.75, 3.05) is 7.11 Å². The van der Waals surface area contributed by atoms with Crippen LogP contribution >= 0.6 is 34.2 Å². The van der Waals surface area contributed by atoms with Crippen LogP contribution in [0.4, 0.5) is 5.69 Å². The fraction of sp³-hybridized carbons (Fsp3) is 0.167. The monoisotopic (exact) mass is 421 g/mol. The minimum absolute atomic E-state index is 0.103. The van der Waals surface area contributed by atoms with E-state index in [1.165, 1.54) is 30.1 Å². The Hall–Kier alpha value is -1.68. The molecule has 110 valence electrons. The summed E-state index contributed by atoms with van der Waals surface area (Å²) in [7, 11) is 1.42. The lowest BCUT2D eigenvalue weighted by Crippen LogP contribution is -2.23. The predicted molar refractivity (Wildman–Crippen MR) is 85.0 cm³/mol. The second-order valence-corrected chi connectivity index (χ2v) is 5.52. The first-order valence-electron chi connectivity index (χ1n) is 5.65. The van der Waals surface area contributed by atoms with Crippen molar-refractivity contribution >= 4 is 39.9 Å². The van der Waals surface area contributed by atoms with Crippen LogP contribution in [0.2, 0.25) is 5.15 Å². The van der Waals surface area contributed by atoms with Crippen LogP contribution < -0.4 is 10.3 Å². The number of methoxy groups -OCH3 is 1. The average Bonchev–Trinajstić information content (AvgIpc) is 2.47. The molecule has 7 nitrogen and oxygen atoms in total. The summed E-state index contributed by atoms with van der Waals surface area (Å²) < 4.78 is 6.65. The van der Waals surface area contributed by atoms with Gasteiger partial charge in [0.1, 0.15) is 14.5 Å². The standard InChI is InChI=1S/C12H9ClIN3O4/c1-21-9-3-7(2-8(4-9)17(19)20)5-16-6-15-11(13)10(14)12(16)18/h2-4,6H,5H2,1H3. The number of hydrogen-bond donors (Lipinski definition) is 0. The van der Waals surface area contributed by atoms with Gasteiger partial charge in [0.25, 0.3) is 11.2 Å². The SMILES string of the molecule is COc1cc(Cn2cnc(Cl)c(I)c2=O)cc([N+](=O)[O-])c1. The summed E-state index contributed by atoms with van der Waals surface area (Å²) in [6.45, 7) is 0.136. The van der Waals surface area contributed by atoms with Crippen molar-refractivity contribution in [3.63, 3.8) is 0 Å². The lowest BCUT2D eigenvalue weighted by atomic mass is 10.2. The van der Waals surface area contributed by atoms with Crippen molar-refractivity contribution in [3.8, 4) is 5.75 Å². The van der Waals surface area contributed by atoms with Crippen molar-refractivity contribution in [3.05, 3.63) is 59.3 Å².